The van der Waals surface area contributed by atoms with Gasteiger partial charge in [-0.05, 0) is 26.2 Å². The van der Waals surface area contributed by atoms with E-state index in [-0.39, 0.29) is 12.0 Å². The Hall–Kier alpha value is -0.940. The van der Waals surface area contributed by atoms with Crippen LogP contribution in [0.2, 0.25) is 0 Å². The summed E-state index contributed by atoms with van der Waals surface area (Å²) in [7, 11) is 0. The third-order valence-electron chi connectivity index (χ3n) is 2.83. The van der Waals surface area contributed by atoms with Crippen molar-refractivity contribution in [3.05, 3.63) is 16.1 Å². The van der Waals surface area contributed by atoms with Crippen LogP contribution in [0, 0.1) is 6.92 Å². The third kappa shape index (κ3) is 4.09. The normalized spacial score (nSPS) is 19.5. The first kappa shape index (κ1) is 12.5. The SMILES string of the molecule is Cc1nc(CCC(=O)NCC2CCCO2)cs1. The molecule has 2 heterocycles. The van der Waals surface area contributed by atoms with Crippen molar-refractivity contribution < 1.29 is 9.53 Å². The highest BCUT2D eigenvalue weighted by molar-refractivity contribution is 7.09. The molecule has 4 nitrogen and oxygen atoms in total. The number of carbonyl (C=O) groups is 1. The van der Waals surface area contributed by atoms with E-state index in [2.05, 4.69) is 10.3 Å². The third-order valence-corrected chi connectivity index (χ3v) is 3.65. The first-order chi connectivity index (χ1) is 8.24. The van der Waals surface area contributed by atoms with E-state index in [1.54, 1.807) is 11.3 Å². The summed E-state index contributed by atoms with van der Waals surface area (Å²) in [5, 5.41) is 5.99. The van der Waals surface area contributed by atoms with Gasteiger partial charge in [0, 0.05) is 25.0 Å². The predicted molar refractivity (Wildman–Crippen MR) is 67.2 cm³/mol. The molecule has 1 atom stereocenters. The van der Waals surface area contributed by atoms with Crippen molar-refractivity contribution in [1.82, 2.24) is 10.3 Å². The van der Waals surface area contributed by atoms with Crippen molar-refractivity contribution in [2.45, 2.75) is 38.7 Å². The summed E-state index contributed by atoms with van der Waals surface area (Å²) in [5.41, 5.74) is 1.01. The van der Waals surface area contributed by atoms with Crippen LogP contribution in [0.15, 0.2) is 5.38 Å². The average molecular weight is 254 g/mol. The first-order valence-electron chi connectivity index (χ1n) is 6.03. The number of thiazole rings is 1. The van der Waals surface area contributed by atoms with Crippen LogP contribution in [0.1, 0.15) is 30.0 Å². The van der Waals surface area contributed by atoms with Crippen LogP contribution in [0.5, 0.6) is 0 Å². The van der Waals surface area contributed by atoms with Gasteiger partial charge in [0.1, 0.15) is 0 Å². The average Bonchev–Trinajstić information content (AvgIpc) is 2.95. The monoisotopic (exact) mass is 254 g/mol. The molecule has 0 aromatic carbocycles. The van der Waals surface area contributed by atoms with E-state index in [1.807, 2.05) is 12.3 Å². The van der Waals surface area contributed by atoms with Crippen molar-refractivity contribution in [3.63, 3.8) is 0 Å². The fraction of sp³-hybridized carbons (Fsp3) is 0.667. The highest BCUT2D eigenvalue weighted by Gasteiger charge is 2.16. The minimum Gasteiger partial charge on any atom is -0.376 e. The Morgan fingerprint density at radius 1 is 1.71 bits per heavy atom. The standard InChI is InChI=1S/C12H18N2O2S/c1-9-14-10(8-17-9)4-5-12(15)13-7-11-3-2-6-16-11/h8,11H,2-7H2,1H3,(H,13,15). The van der Waals surface area contributed by atoms with E-state index < -0.39 is 0 Å². The molecular formula is C12H18N2O2S. The summed E-state index contributed by atoms with van der Waals surface area (Å²) in [4.78, 5) is 15.9. The van der Waals surface area contributed by atoms with Gasteiger partial charge in [-0.1, -0.05) is 0 Å². The topological polar surface area (TPSA) is 51.2 Å². The lowest BCUT2D eigenvalue weighted by atomic mass is 10.2. The Kier molecular flexibility index (Phi) is 4.50. The van der Waals surface area contributed by atoms with E-state index in [0.29, 0.717) is 13.0 Å². The second-order valence-electron chi connectivity index (χ2n) is 4.30. The minimum absolute atomic E-state index is 0.0890. The summed E-state index contributed by atoms with van der Waals surface area (Å²) < 4.78 is 5.44. The van der Waals surface area contributed by atoms with Crippen molar-refractivity contribution in [1.29, 1.82) is 0 Å². The van der Waals surface area contributed by atoms with Crippen molar-refractivity contribution in [3.8, 4) is 0 Å². The maximum atomic E-state index is 11.6. The Labute approximate surface area is 105 Å². The maximum absolute atomic E-state index is 11.6. The zero-order chi connectivity index (χ0) is 12.1. The maximum Gasteiger partial charge on any atom is 0.220 e. The number of nitrogens with zero attached hydrogens (tertiary/aromatic N) is 1. The number of carbonyl (C=O) groups excluding carboxylic acids is 1. The molecule has 0 spiro atoms. The van der Waals surface area contributed by atoms with Gasteiger partial charge in [0.15, 0.2) is 0 Å². The number of hydrogen-bond acceptors (Lipinski definition) is 4. The summed E-state index contributed by atoms with van der Waals surface area (Å²) in [5.74, 6) is 0.0890. The van der Waals surface area contributed by atoms with E-state index in [4.69, 9.17) is 4.74 Å². The van der Waals surface area contributed by atoms with Gasteiger partial charge in [0.05, 0.1) is 16.8 Å². The largest absolute Gasteiger partial charge is 0.376 e. The van der Waals surface area contributed by atoms with Gasteiger partial charge in [-0.2, -0.15) is 0 Å². The van der Waals surface area contributed by atoms with Crippen LogP contribution in [-0.2, 0) is 16.0 Å². The van der Waals surface area contributed by atoms with Gasteiger partial charge in [-0.15, -0.1) is 11.3 Å². The van der Waals surface area contributed by atoms with Gasteiger partial charge in [0.25, 0.3) is 0 Å². The molecule has 5 heteroatoms. The molecule has 0 saturated carbocycles. The van der Waals surface area contributed by atoms with Crippen LogP contribution in [-0.4, -0.2) is 30.1 Å². The molecule has 0 bridgehead atoms. The molecule has 94 valence electrons. The molecule has 1 aromatic rings. The second kappa shape index (κ2) is 6.12. The minimum atomic E-state index is 0.0890. The van der Waals surface area contributed by atoms with Gasteiger partial charge in [0.2, 0.25) is 5.91 Å². The number of rotatable bonds is 5. The molecule has 1 saturated heterocycles. The van der Waals surface area contributed by atoms with Crippen LogP contribution in [0.25, 0.3) is 0 Å². The molecule has 1 amide bonds. The molecule has 1 aliphatic rings. The van der Waals surface area contributed by atoms with Gasteiger partial charge in [-0.3, -0.25) is 4.79 Å². The molecule has 0 aliphatic carbocycles. The van der Waals surface area contributed by atoms with E-state index in [9.17, 15) is 4.79 Å². The second-order valence-corrected chi connectivity index (χ2v) is 5.36. The fourth-order valence-electron chi connectivity index (χ4n) is 1.89. The molecule has 2 rings (SSSR count). The number of ether oxygens (including phenoxy) is 1. The summed E-state index contributed by atoms with van der Waals surface area (Å²) in [6.45, 7) is 3.46. The Morgan fingerprint density at radius 2 is 2.59 bits per heavy atom. The lowest BCUT2D eigenvalue weighted by Gasteiger charge is -2.10. The summed E-state index contributed by atoms with van der Waals surface area (Å²) >= 11 is 1.63. The molecule has 17 heavy (non-hydrogen) atoms. The molecule has 1 unspecified atom stereocenters. The molecular weight excluding hydrogens is 236 g/mol. The van der Waals surface area contributed by atoms with Gasteiger partial charge in [-0.25, -0.2) is 4.98 Å². The predicted octanol–water partition coefficient (Wildman–Crippen LogP) is 1.68. The van der Waals surface area contributed by atoms with Crippen LogP contribution in [0.4, 0.5) is 0 Å². The Balaban J connectivity index is 1.63. The van der Waals surface area contributed by atoms with Crippen LogP contribution >= 0.6 is 11.3 Å². The molecule has 0 radical (unpaired) electrons. The lowest BCUT2D eigenvalue weighted by Crippen LogP contribution is -2.31. The number of aryl methyl sites for hydroxylation is 2. The number of hydrogen-bond donors (Lipinski definition) is 1. The van der Waals surface area contributed by atoms with E-state index >= 15 is 0 Å². The van der Waals surface area contributed by atoms with Crippen molar-refractivity contribution >= 4 is 17.2 Å². The van der Waals surface area contributed by atoms with E-state index in [0.717, 1.165) is 36.6 Å². The Morgan fingerprint density at radius 3 is 3.24 bits per heavy atom. The van der Waals surface area contributed by atoms with Crippen molar-refractivity contribution in [2.24, 2.45) is 0 Å². The molecule has 1 N–H and O–H groups in total. The van der Waals surface area contributed by atoms with Crippen molar-refractivity contribution in [2.75, 3.05) is 13.2 Å². The highest BCUT2D eigenvalue weighted by Crippen LogP contribution is 2.11. The number of amides is 1. The fourth-order valence-corrected chi connectivity index (χ4v) is 2.53. The zero-order valence-electron chi connectivity index (χ0n) is 10.1. The molecule has 1 aromatic heterocycles. The quantitative estimate of drug-likeness (QED) is 0.869. The lowest BCUT2D eigenvalue weighted by molar-refractivity contribution is -0.121. The van der Waals surface area contributed by atoms with E-state index in [1.165, 1.54) is 0 Å². The summed E-state index contributed by atoms with van der Waals surface area (Å²) in [6, 6.07) is 0. The van der Waals surface area contributed by atoms with Gasteiger partial charge >= 0.3 is 0 Å². The zero-order valence-corrected chi connectivity index (χ0v) is 10.9. The van der Waals surface area contributed by atoms with Crippen LogP contribution < -0.4 is 5.32 Å². The molecule has 1 fully saturated rings. The highest BCUT2D eigenvalue weighted by atomic mass is 32.1. The first-order valence-corrected chi connectivity index (χ1v) is 6.91. The number of nitrogens with one attached hydrogen (secondary N) is 1. The molecule has 1 aliphatic heterocycles. The number of aromatic nitrogens is 1. The Bertz CT molecular complexity index is 372. The van der Waals surface area contributed by atoms with Gasteiger partial charge < -0.3 is 10.1 Å². The smallest absolute Gasteiger partial charge is 0.220 e. The van der Waals surface area contributed by atoms with Crippen LogP contribution in [0.3, 0.4) is 0 Å². The summed E-state index contributed by atoms with van der Waals surface area (Å²) in [6.07, 6.45) is 3.63.